The summed E-state index contributed by atoms with van der Waals surface area (Å²) in [5.74, 6) is 1.21. The maximum Gasteiger partial charge on any atom is 0.234 e. The van der Waals surface area contributed by atoms with Crippen LogP contribution in [0.1, 0.15) is 5.56 Å². The van der Waals surface area contributed by atoms with E-state index in [-0.39, 0.29) is 5.91 Å². The number of pyridine rings is 1. The van der Waals surface area contributed by atoms with Crippen LogP contribution in [0.5, 0.6) is 0 Å². The van der Waals surface area contributed by atoms with Gasteiger partial charge in [-0.1, -0.05) is 23.7 Å². The first-order chi connectivity index (χ1) is 9.24. The van der Waals surface area contributed by atoms with Crippen LogP contribution in [-0.2, 0) is 10.5 Å². The third-order valence-electron chi connectivity index (χ3n) is 2.38. The highest BCUT2D eigenvalue weighted by Crippen LogP contribution is 2.15. The number of nitrogens with zero attached hydrogens (tertiary/aromatic N) is 1. The number of anilines is 1. The molecule has 0 unspecified atom stereocenters. The average molecular weight is 293 g/mol. The summed E-state index contributed by atoms with van der Waals surface area (Å²) in [6.45, 7) is 0. The minimum atomic E-state index is -0.00911. The van der Waals surface area contributed by atoms with Crippen LogP contribution in [-0.4, -0.2) is 16.6 Å². The van der Waals surface area contributed by atoms with E-state index in [1.54, 1.807) is 36.3 Å². The predicted molar refractivity (Wildman–Crippen MR) is 80.5 cm³/mol. The Labute approximate surface area is 121 Å². The van der Waals surface area contributed by atoms with E-state index in [0.29, 0.717) is 5.75 Å². The van der Waals surface area contributed by atoms with Crippen LogP contribution in [0.3, 0.4) is 0 Å². The molecule has 19 heavy (non-hydrogen) atoms. The van der Waals surface area contributed by atoms with Crippen molar-refractivity contribution < 1.29 is 4.79 Å². The zero-order valence-electron chi connectivity index (χ0n) is 10.2. The van der Waals surface area contributed by atoms with Crippen LogP contribution in [0.25, 0.3) is 0 Å². The van der Waals surface area contributed by atoms with Crippen molar-refractivity contribution in [3.05, 3.63) is 59.4 Å². The van der Waals surface area contributed by atoms with Crippen molar-refractivity contribution in [2.75, 3.05) is 11.1 Å². The molecule has 0 bridgehead atoms. The van der Waals surface area contributed by atoms with Gasteiger partial charge >= 0.3 is 0 Å². The lowest BCUT2D eigenvalue weighted by Gasteiger charge is -2.05. The lowest BCUT2D eigenvalue weighted by atomic mass is 10.2. The minimum absolute atomic E-state index is 0.00911. The molecule has 0 fully saturated rings. The molecule has 2 aromatic rings. The number of carbonyl (C=O) groups is 1. The number of nitrogens with one attached hydrogen (secondary N) is 1. The summed E-state index contributed by atoms with van der Waals surface area (Å²) in [5.41, 5.74) is 1.93. The van der Waals surface area contributed by atoms with Gasteiger partial charge in [0.25, 0.3) is 0 Å². The first kappa shape index (κ1) is 13.9. The third-order valence-corrected chi connectivity index (χ3v) is 3.63. The normalized spacial score (nSPS) is 10.2. The number of halogens is 1. The van der Waals surface area contributed by atoms with Gasteiger partial charge in [0.15, 0.2) is 0 Å². The van der Waals surface area contributed by atoms with E-state index >= 15 is 0 Å². The van der Waals surface area contributed by atoms with Crippen molar-refractivity contribution in [3.63, 3.8) is 0 Å². The van der Waals surface area contributed by atoms with Crippen molar-refractivity contribution in [2.45, 2.75) is 5.75 Å². The van der Waals surface area contributed by atoms with Crippen molar-refractivity contribution >= 4 is 35.0 Å². The molecular weight excluding hydrogens is 280 g/mol. The Hall–Kier alpha value is -1.52. The highest BCUT2D eigenvalue weighted by atomic mass is 35.5. The number of aromatic nitrogens is 1. The molecule has 0 atom stereocenters. The second-order valence-electron chi connectivity index (χ2n) is 3.90. The number of rotatable bonds is 5. The van der Waals surface area contributed by atoms with Crippen LogP contribution < -0.4 is 5.32 Å². The van der Waals surface area contributed by atoms with E-state index in [1.165, 1.54) is 0 Å². The summed E-state index contributed by atoms with van der Waals surface area (Å²) in [6, 6.07) is 11.2. The fraction of sp³-hybridized carbons (Fsp3) is 0.143. The van der Waals surface area contributed by atoms with Gasteiger partial charge in [-0.3, -0.25) is 9.78 Å². The van der Waals surface area contributed by atoms with E-state index in [1.807, 2.05) is 24.3 Å². The molecule has 0 aliphatic carbocycles. The molecule has 0 saturated heterocycles. The maximum atomic E-state index is 11.7. The molecular formula is C14H13ClN2OS. The van der Waals surface area contributed by atoms with Gasteiger partial charge in [0.05, 0.1) is 5.75 Å². The SMILES string of the molecule is O=C(CSCc1ccc(Cl)cc1)Nc1ccncc1. The maximum absolute atomic E-state index is 11.7. The van der Waals surface area contributed by atoms with Gasteiger partial charge in [-0.2, -0.15) is 0 Å². The Bertz CT molecular complexity index is 531. The number of hydrogen-bond donors (Lipinski definition) is 1. The van der Waals surface area contributed by atoms with Crippen LogP contribution in [0.2, 0.25) is 5.02 Å². The molecule has 2 rings (SSSR count). The van der Waals surface area contributed by atoms with Gasteiger partial charge in [-0.15, -0.1) is 11.8 Å². The van der Waals surface area contributed by atoms with E-state index in [9.17, 15) is 4.79 Å². The molecule has 3 nitrogen and oxygen atoms in total. The smallest absolute Gasteiger partial charge is 0.234 e. The lowest BCUT2D eigenvalue weighted by Crippen LogP contribution is -2.14. The Balaban J connectivity index is 1.74. The summed E-state index contributed by atoms with van der Waals surface area (Å²) >= 11 is 7.38. The van der Waals surface area contributed by atoms with E-state index in [2.05, 4.69) is 10.3 Å². The van der Waals surface area contributed by atoms with Crippen molar-refractivity contribution in [3.8, 4) is 0 Å². The molecule has 1 aromatic carbocycles. The molecule has 0 saturated carbocycles. The molecule has 0 aliphatic heterocycles. The Morgan fingerprint density at radius 3 is 2.53 bits per heavy atom. The molecule has 1 amide bonds. The Morgan fingerprint density at radius 1 is 1.16 bits per heavy atom. The molecule has 1 aromatic heterocycles. The molecule has 1 N–H and O–H groups in total. The van der Waals surface area contributed by atoms with Crippen LogP contribution in [0.15, 0.2) is 48.8 Å². The van der Waals surface area contributed by atoms with Gasteiger partial charge < -0.3 is 5.32 Å². The van der Waals surface area contributed by atoms with Gasteiger partial charge in [-0.25, -0.2) is 0 Å². The Kier molecular flexibility index (Phi) is 5.24. The minimum Gasteiger partial charge on any atom is -0.325 e. The number of hydrogen-bond acceptors (Lipinski definition) is 3. The summed E-state index contributed by atoms with van der Waals surface area (Å²) in [5, 5.41) is 3.54. The number of carbonyl (C=O) groups excluding carboxylic acids is 1. The number of thioether (sulfide) groups is 1. The average Bonchev–Trinajstić information content (AvgIpc) is 2.42. The van der Waals surface area contributed by atoms with Crippen molar-refractivity contribution in [1.82, 2.24) is 4.98 Å². The third kappa shape index (κ3) is 4.93. The summed E-state index contributed by atoms with van der Waals surface area (Å²) in [7, 11) is 0. The van der Waals surface area contributed by atoms with Crippen LogP contribution in [0, 0.1) is 0 Å². The Morgan fingerprint density at radius 2 is 1.84 bits per heavy atom. The molecule has 0 aliphatic rings. The van der Waals surface area contributed by atoms with Crippen LogP contribution in [0.4, 0.5) is 5.69 Å². The van der Waals surface area contributed by atoms with E-state index in [4.69, 9.17) is 11.6 Å². The van der Waals surface area contributed by atoms with Gasteiger partial charge in [0.2, 0.25) is 5.91 Å². The van der Waals surface area contributed by atoms with Gasteiger partial charge in [0.1, 0.15) is 0 Å². The summed E-state index contributed by atoms with van der Waals surface area (Å²) in [6.07, 6.45) is 3.30. The quantitative estimate of drug-likeness (QED) is 0.915. The molecule has 1 heterocycles. The van der Waals surface area contributed by atoms with Crippen molar-refractivity contribution in [2.24, 2.45) is 0 Å². The largest absolute Gasteiger partial charge is 0.325 e. The number of amides is 1. The zero-order valence-corrected chi connectivity index (χ0v) is 11.7. The fourth-order valence-electron chi connectivity index (χ4n) is 1.47. The first-order valence-electron chi connectivity index (χ1n) is 5.76. The van der Waals surface area contributed by atoms with Gasteiger partial charge in [0, 0.05) is 28.9 Å². The highest BCUT2D eigenvalue weighted by molar-refractivity contribution is 7.99. The van der Waals surface area contributed by atoms with Crippen LogP contribution >= 0.6 is 23.4 Å². The van der Waals surface area contributed by atoms with Crippen molar-refractivity contribution in [1.29, 1.82) is 0 Å². The summed E-state index contributed by atoms with van der Waals surface area (Å²) < 4.78 is 0. The topological polar surface area (TPSA) is 42.0 Å². The monoisotopic (exact) mass is 292 g/mol. The molecule has 0 radical (unpaired) electrons. The van der Waals surface area contributed by atoms with Gasteiger partial charge in [-0.05, 0) is 29.8 Å². The molecule has 98 valence electrons. The van der Waals surface area contributed by atoms with E-state index < -0.39 is 0 Å². The lowest BCUT2D eigenvalue weighted by molar-refractivity contribution is -0.113. The predicted octanol–water partition coefficient (Wildman–Crippen LogP) is 3.61. The second kappa shape index (κ2) is 7.16. The molecule has 0 spiro atoms. The summed E-state index contributed by atoms with van der Waals surface area (Å²) in [4.78, 5) is 15.6. The van der Waals surface area contributed by atoms with E-state index in [0.717, 1.165) is 22.0 Å². The number of benzene rings is 1. The highest BCUT2D eigenvalue weighted by Gasteiger charge is 2.02. The second-order valence-corrected chi connectivity index (χ2v) is 5.33. The first-order valence-corrected chi connectivity index (χ1v) is 7.29. The fourth-order valence-corrected chi connectivity index (χ4v) is 2.39. The standard InChI is InChI=1S/C14H13ClN2OS/c15-12-3-1-11(2-4-12)9-19-10-14(18)17-13-5-7-16-8-6-13/h1-8H,9-10H2,(H,16,17,18). The zero-order chi connectivity index (χ0) is 13.5. The molecule has 5 heteroatoms.